The molecule has 0 fully saturated rings. The SMILES string of the molecule is COc1ccccc1OCCNC(=O)COC(=O)c1ccc(F)cc1N. The van der Waals surface area contributed by atoms with E-state index in [0.29, 0.717) is 11.5 Å². The van der Waals surface area contributed by atoms with Crippen molar-refractivity contribution in [3.05, 3.63) is 53.8 Å². The molecule has 8 heteroatoms. The van der Waals surface area contributed by atoms with Crippen LogP contribution < -0.4 is 20.5 Å². The van der Waals surface area contributed by atoms with E-state index in [1.54, 1.807) is 18.2 Å². The van der Waals surface area contributed by atoms with Crippen LogP contribution in [0.1, 0.15) is 10.4 Å². The summed E-state index contributed by atoms with van der Waals surface area (Å²) in [5, 5.41) is 2.55. The van der Waals surface area contributed by atoms with Gasteiger partial charge in [-0.2, -0.15) is 0 Å². The van der Waals surface area contributed by atoms with Crippen molar-refractivity contribution in [3.8, 4) is 11.5 Å². The number of amides is 1. The lowest BCUT2D eigenvalue weighted by Crippen LogP contribution is -2.32. The van der Waals surface area contributed by atoms with Gasteiger partial charge in [0.2, 0.25) is 0 Å². The number of rotatable bonds is 8. The minimum atomic E-state index is -0.803. The Hall–Kier alpha value is -3.29. The molecule has 0 heterocycles. The summed E-state index contributed by atoms with van der Waals surface area (Å²) >= 11 is 0. The molecule has 0 aromatic heterocycles. The van der Waals surface area contributed by atoms with Crippen molar-refractivity contribution in [2.45, 2.75) is 0 Å². The molecule has 0 atom stereocenters. The Morgan fingerprint density at radius 1 is 1.15 bits per heavy atom. The van der Waals surface area contributed by atoms with Crippen molar-refractivity contribution in [1.82, 2.24) is 5.32 Å². The first-order chi connectivity index (χ1) is 12.5. The monoisotopic (exact) mass is 362 g/mol. The highest BCUT2D eigenvalue weighted by molar-refractivity contribution is 5.96. The molecule has 0 bridgehead atoms. The van der Waals surface area contributed by atoms with E-state index in [1.165, 1.54) is 13.2 Å². The van der Waals surface area contributed by atoms with Crippen molar-refractivity contribution in [3.63, 3.8) is 0 Å². The molecule has 1 amide bonds. The second-order valence-corrected chi connectivity index (χ2v) is 5.16. The third-order valence-electron chi connectivity index (χ3n) is 3.32. The molecular weight excluding hydrogens is 343 g/mol. The van der Waals surface area contributed by atoms with Crippen molar-refractivity contribution < 1.29 is 28.2 Å². The van der Waals surface area contributed by atoms with Crippen LogP contribution in [0.4, 0.5) is 10.1 Å². The number of nitrogen functional groups attached to an aromatic ring is 1. The molecule has 0 saturated heterocycles. The summed E-state index contributed by atoms with van der Waals surface area (Å²) in [7, 11) is 1.53. The van der Waals surface area contributed by atoms with Crippen molar-refractivity contribution in [1.29, 1.82) is 0 Å². The van der Waals surface area contributed by atoms with Gasteiger partial charge in [-0.1, -0.05) is 12.1 Å². The average Bonchev–Trinajstić information content (AvgIpc) is 2.63. The van der Waals surface area contributed by atoms with Crippen LogP contribution >= 0.6 is 0 Å². The number of hydrogen-bond acceptors (Lipinski definition) is 6. The fraction of sp³-hybridized carbons (Fsp3) is 0.222. The van der Waals surface area contributed by atoms with Gasteiger partial charge in [-0.05, 0) is 30.3 Å². The first-order valence-corrected chi connectivity index (χ1v) is 7.76. The van der Waals surface area contributed by atoms with Gasteiger partial charge in [0.05, 0.1) is 19.2 Å². The van der Waals surface area contributed by atoms with Crippen LogP contribution in [0, 0.1) is 5.82 Å². The molecule has 26 heavy (non-hydrogen) atoms. The van der Waals surface area contributed by atoms with E-state index in [-0.39, 0.29) is 24.4 Å². The minimum absolute atomic E-state index is 0.00120. The maximum atomic E-state index is 13.0. The molecular formula is C18H19FN2O5. The highest BCUT2D eigenvalue weighted by atomic mass is 19.1. The molecule has 138 valence electrons. The molecule has 0 spiro atoms. The van der Waals surface area contributed by atoms with Crippen LogP contribution in [0.2, 0.25) is 0 Å². The summed E-state index contributed by atoms with van der Waals surface area (Å²) in [6, 6.07) is 10.4. The van der Waals surface area contributed by atoms with Crippen LogP contribution in [0.3, 0.4) is 0 Å². The summed E-state index contributed by atoms with van der Waals surface area (Å²) in [4.78, 5) is 23.5. The standard InChI is InChI=1S/C18H19FN2O5/c1-24-15-4-2-3-5-16(15)25-9-8-21-17(22)11-26-18(23)13-7-6-12(19)10-14(13)20/h2-7,10H,8-9,11,20H2,1H3,(H,21,22). The first-order valence-electron chi connectivity index (χ1n) is 7.76. The van der Waals surface area contributed by atoms with E-state index in [4.69, 9.17) is 19.9 Å². The third-order valence-corrected chi connectivity index (χ3v) is 3.32. The van der Waals surface area contributed by atoms with Crippen molar-refractivity contribution in [2.24, 2.45) is 0 Å². The maximum Gasteiger partial charge on any atom is 0.340 e. The van der Waals surface area contributed by atoms with Gasteiger partial charge in [-0.3, -0.25) is 4.79 Å². The van der Waals surface area contributed by atoms with Gasteiger partial charge >= 0.3 is 5.97 Å². The largest absolute Gasteiger partial charge is 0.493 e. The number of hydrogen-bond donors (Lipinski definition) is 2. The fourth-order valence-corrected chi connectivity index (χ4v) is 2.07. The number of nitrogens with one attached hydrogen (secondary N) is 1. The Morgan fingerprint density at radius 2 is 1.88 bits per heavy atom. The Bertz CT molecular complexity index is 782. The van der Waals surface area contributed by atoms with E-state index < -0.39 is 24.3 Å². The number of para-hydroxylation sites is 2. The molecule has 0 aliphatic carbocycles. The van der Waals surface area contributed by atoms with Crippen LogP contribution in [0.5, 0.6) is 11.5 Å². The summed E-state index contributed by atoms with van der Waals surface area (Å²) in [5.74, 6) is -0.718. The van der Waals surface area contributed by atoms with Gasteiger partial charge in [-0.25, -0.2) is 9.18 Å². The zero-order chi connectivity index (χ0) is 18.9. The van der Waals surface area contributed by atoms with E-state index in [9.17, 15) is 14.0 Å². The molecule has 7 nitrogen and oxygen atoms in total. The Labute approximate surface area is 149 Å². The van der Waals surface area contributed by atoms with E-state index >= 15 is 0 Å². The van der Waals surface area contributed by atoms with E-state index in [0.717, 1.165) is 12.1 Å². The zero-order valence-corrected chi connectivity index (χ0v) is 14.2. The number of carbonyl (C=O) groups is 2. The Kier molecular flexibility index (Phi) is 6.78. The van der Waals surface area contributed by atoms with Crippen LogP contribution in [0.15, 0.2) is 42.5 Å². The summed E-state index contributed by atoms with van der Waals surface area (Å²) in [5.41, 5.74) is 5.48. The molecule has 2 aromatic rings. The maximum absolute atomic E-state index is 13.0. The summed E-state index contributed by atoms with van der Waals surface area (Å²) in [6.07, 6.45) is 0. The van der Waals surface area contributed by atoms with Gasteiger partial charge in [0.15, 0.2) is 18.1 Å². The van der Waals surface area contributed by atoms with Gasteiger partial charge in [0.25, 0.3) is 5.91 Å². The van der Waals surface area contributed by atoms with Crippen LogP contribution in [-0.4, -0.2) is 38.7 Å². The predicted octanol–water partition coefficient (Wildman–Crippen LogP) is 1.77. The molecule has 0 unspecified atom stereocenters. The van der Waals surface area contributed by atoms with Gasteiger partial charge in [-0.15, -0.1) is 0 Å². The van der Waals surface area contributed by atoms with E-state index in [1.807, 2.05) is 6.07 Å². The van der Waals surface area contributed by atoms with Crippen molar-refractivity contribution in [2.75, 3.05) is 32.6 Å². The minimum Gasteiger partial charge on any atom is -0.493 e. The van der Waals surface area contributed by atoms with Crippen molar-refractivity contribution >= 4 is 17.6 Å². The number of benzene rings is 2. The number of ether oxygens (including phenoxy) is 3. The molecule has 2 aromatic carbocycles. The molecule has 0 aliphatic heterocycles. The number of nitrogens with two attached hydrogens (primary N) is 1. The third kappa shape index (κ3) is 5.37. The van der Waals surface area contributed by atoms with E-state index in [2.05, 4.69) is 5.32 Å². The normalized spacial score (nSPS) is 10.1. The lowest BCUT2D eigenvalue weighted by atomic mass is 10.2. The number of methoxy groups -OCH3 is 1. The average molecular weight is 362 g/mol. The first kappa shape index (κ1) is 19.0. The number of esters is 1. The molecule has 0 aliphatic rings. The second-order valence-electron chi connectivity index (χ2n) is 5.16. The summed E-state index contributed by atoms with van der Waals surface area (Å²) < 4.78 is 28.4. The number of anilines is 1. The van der Waals surface area contributed by atoms with Gasteiger partial charge in [0.1, 0.15) is 12.4 Å². The predicted molar refractivity (Wildman–Crippen MR) is 92.6 cm³/mol. The Balaban J connectivity index is 1.71. The quantitative estimate of drug-likeness (QED) is 0.422. The highest BCUT2D eigenvalue weighted by Gasteiger charge is 2.13. The Morgan fingerprint density at radius 3 is 2.58 bits per heavy atom. The molecule has 3 N–H and O–H groups in total. The summed E-state index contributed by atoms with van der Waals surface area (Å²) in [6.45, 7) is -0.0532. The molecule has 0 saturated carbocycles. The highest BCUT2D eigenvalue weighted by Crippen LogP contribution is 2.25. The van der Waals surface area contributed by atoms with Crippen LogP contribution in [-0.2, 0) is 9.53 Å². The topological polar surface area (TPSA) is 99.9 Å². The number of carbonyl (C=O) groups excluding carboxylic acids is 2. The van der Waals surface area contributed by atoms with Gasteiger partial charge in [0, 0.05) is 5.69 Å². The fourth-order valence-electron chi connectivity index (χ4n) is 2.07. The number of halogens is 1. The zero-order valence-electron chi connectivity index (χ0n) is 14.2. The van der Waals surface area contributed by atoms with Gasteiger partial charge < -0.3 is 25.3 Å². The smallest absolute Gasteiger partial charge is 0.340 e. The lowest BCUT2D eigenvalue weighted by Gasteiger charge is -2.11. The molecule has 2 rings (SSSR count). The lowest BCUT2D eigenvalue weighted by molar-refractivity contribution is -0.124. The van der Waals surface area contributed by atoms with Crippen LogP contribution in [0.25, 0.3) is 0 Å². The molecule has 0 radical (unpaired) electrons. The second kappa shape index (κ2) is 9.26.